The number of benzene rings is 2. The molecule has 3 heterocycles. The fraction of sp³-hybridized carbons (Fsp3) is 0.308. The Morgan fingerprint density at radius 3 is 2.59 bits per heavy atom. The van der Waals surface area contributed by atoms with Crippen LogP contribution in [0.1, 0.15) is 22.8 Å². The summed E-state index contributed by atoms with van der Waals surface area (Å²) in [5.74, 6) is 0.0145. The molecule has 0 radical (unpaired) electrons. The van der Waals surface area contributed by atoms with Crippen LogP contribution in [0.15, 0.2) is 53.6 Å². The number of nitrogens with zero attached hydrogens (tertiary/aromatic N) is 3. The highest BCUT2D eigenvalue weighted by molar-refractivity contribution is 7.91. The first-order valence-electron chi connectivity index (χ1n) is 11.5. The van der Waals surface area contributed by atoms with Crippen LogP contribution in [0.2, 0.25) is 0 Å². The normalized spacial score (nSPS) is 15.3. The highest BCUT2D eigenvalue weighted by Crippen LogP contribution is 2.36. The Bertz CT molecular complexity index is 1520. The van der Waals surface area contributed by atoms with Gasteiger partial charge in [-0.05, 0) is 61.0 Å². The molecule has 0 unspecified atom stereocenters. The smallest absolute Gasteiger partial charge is 0.254 e. The second-order valence-corrected chi connectivity index (χ2v) is 11.3. The monoisotopic (exact) mass is 476 g/mol. The van der Waals surface area contributed by atoms with Crippen LogP contribution < -0.4 is 0 Å². The van der Waals surface area contributed by atoms with E-state index in [4.69, 9.17) is 0 Å². The number of nitrogens with one attached hydrogen (secondary N) is 1. The summed E-state index contributed by atoms with van der Waals surface area (Å²) < 4.78 is 25.2. The number of H-pyrrole nitrogens is 1. The van der Waals surface area contributed by atoms with Crippen LogP contribution in [0.3, 0.4) is 0 Å². The van der Waals surface area contributed by atoms with E-state index in [0.717, 1.165) is 51.7 Å². The van der Waals surface area contributed by atoms with E-state index in [-0.39, 0.29) is 16.6 Å². The summed E-state index contributed by atoms with van der Waals surface area (Å²) in [6.07, 6.45) is 1.81. The molecule has 1 aliphatic rings. The van der Waals surface area contributed by atoms with Crippen molar-refractivity contribution < 1.29 is 13.2 Å². The number of sulfone groups is 1. The van der Waals surface area contributed by atoms with Gasteiger partial charge in [-0.3, -0.25) is 4.79 Å². The van der Waals surface area contributed by atoms with Crippen LogP contribution in [-0.4, -0.2) is 73.1 Å². The summed E-state index contributed by atoms with van der Waals surface area (Å²) in [5, 5.41) is 1.89. The molecule has 176 valence electrons. The molecule has 1 aliphatic heterocycles. The highest BCUT2D eigenvalue weighted by atomic mass is 32.2. The molecule has 8 heteroatoms. The average Bonchev–Trinajstić information content (AvgIpc) is 3.21. The lowest BCUT2D eigenvalue weighted by Crippen LogP contribution is -2.47. The zero-order chi connectivity index (χ0) is 24.0. The number of pyridine rings is 1. The van der Waals surface area contributed by atoms with Gasteiger partial charge in [-0.15, -0.1) is 0 Å². The van der Waals surface area contributed by atoms with Gasteiger partial charge in [-0.25, -0.2) is 13.4 Å². The largest absolute Gasteiger partial charge is 0.339 e. The van der Waals surface area contributed by atoms with Gasteiger partial charge in [-0.1, -0.05) is 19.1 Å². The third kappa shape index (κ3) is 3.97. The average molecular weight is 477 g/mol. The van der Waals surface area contributed by atoms with E-state index >= 15 is 0 Å². The fourth-order valence-corrected chi connectivity index (χ4v) is 5.51. The zero-order valence-electron chi connectivity index (χ0n) is 19.6. The molecule has 4 aromatic rings. The van der Waals surface area contributed by atoms with Crippen molar-refractivity contribution >= 4 is 37.7 Å². The Kier molecular flexibility index (Phi) is 5.65. The minimum absolute atomic E-state index is 0.0172. The van der Waals surface area contributed by atoms with Gasteiger partial charge in [0.25, 0.3) is 5.91 Å². The van der Waals surface area contributed by atoms with Crippen LogP contribution >= 0.6 is 0 Å². The molecule has 0 saturated carbocycles. The number of aromatic amines is 1. The molecular weight excluding hydrogens is 448 g/mol. The number of carbonyl (C=O) groups is 1. The van der Waals surface area contributed by atoms with E-state index in [1.807, 2.05) is 36.2 Å². The topological polar surface area (TPSA) is 86.4 Å². The number of amides is 1. The lowest BCUT2D eigenvalue weighted by molar-refractivity contribution is 0.0664. The summed E-state index contributed by atoms with van der Waals surface area (Å²) in [6.45, 7) is 6.68. The van der Waals surface area contributed by atoms with Crippen molar-refractivity contribution in [3.63, 3.8) is 0 Å². The summed E-state index contributed by atoms with van der Waals surface area (Å²) in [6, 6.07) is 12.9. The first-order chi connectivity index (χ1) is 16.3. The number of fused-ring (bicyclic) bond motifs is 3. The predicted molar refractivity (Wildman–Crippen MR) is 135 cm³/mol. The Balaban J connectivity index is 1.73. The molecule has 7 nitrogen and oxygen atoms in total. The standard InChI is InChI=1S/C26H28N4O3S/c1-4-34(32,33)20-7-5-6-18(13-20)21-14-19(26(31)30-10-8-29(3)9-11-30)15-23-24(21)22-12-17(2)16-27-25(22)28-23/h5-7,12-16H,4,8-11H2,1-3H3,(H,27,28). The molecule has 0 aliphatic carbocycles. The van der Waals surface area contributed by atoms with Crippen molar-refractivity contribution in [1.82, 2.24) is 19.8 Å². The molecule has 5 rings (SSSR count). The van der Waals surface area contributed by atoms with Crippen LogP contribution in [-0.2, 0) is 9.84 Å². The Morgan fingerprint density at radius 2 is 1.85 bits per heavy atom. The molecule has 0 bridgehead atoms. The summed E-state index contributed by atoms with van der Waals surface area (Å²) in [7, 11) is -1.31. The first-order valence-corrected chi connectivity index (χ1v) is 13.1. The SMILES string of the molecule is CCS(=O)(=O)c1cccc(-c2cc(C(=O)N3CCN(C)CC3)cc3[nH]c4ncc(C)cc4c23)c1. The van der Waals surface area contributed by atoms with Gasteiger partial charge in [0.1, 0.15) is 5.65 Å². The first kappa shape index (κ1) is 22.6. The van der Waals surface area contributed by atoms with Gasteiger partial charge < -0.3 is 14.8 Å². The minimum atomic E-state index is -3.37. The zero-order valence-corrected chi connectivity index (χ0v) is 20.4. The van der Waals surface area contributed by atoms with Crippen LogP contribution in [0.25, 0.3) is 33.1 Å². The maximum absolute atomic E-state index is 13.5. The van der Waals surface area contributed by atoms with Crippen molar-refractivity contribution in [2.45, 2.75) is 18.7 Å². The predicted octanol–water partition coefficient (Wildman–Crippen LogP) is 3.87. The number of hydrogen-bond acceptors (Lipinski definition) is 5. The van der Waals surface area contributed by atoms with Gasteiger partial charge >= 0.3 is 0 Å². The van der Waals surface area contributed by atoms with E-state index in [0.29, 0.717) is 18.7 Å². The number of hydrogen-bond donors (Lipinski definition) is 1. The second-order valence-electron chi connectivity index (χ2n) is 9.01. The van der Waals surface area contributed by atoms with Crippen molar-refractivity contribution in [3.8, 4) is 11.1 Å². The van der Waals surface area contributed by atoms with Crippen molar-refractivity contribution in [1.29, 1.82) is 0 Å². The molecule has 2 aromatic heterocycles. The third-order valence-corrected chi connectivity index (χ3v) is 8.34. The van der Waals surface area contributed by atoms with E-state index < -0.39 is 9.84 Å². The number of piperazine rings is 1. The molecular formula is C26H28N4O3S. The van der Waals surface area contributed by atoms with E-state index in [1.54, 1.807) is 25.1 Å². The lowest BCUT2D eigenvalue weighted by atomic mass is 9.96. The molecule has 1 fully saturated rings. The number of aryl methyl sites for hydroxylation is 1. The van der Waals surface area contributed by atoms with E-state index in [1.165, 1.54) is 0 Å². The number of aromatic nitrogens is 2. The number of rotatable bonds is 4. The molecule has 2 aromatic carbocycles. The van der Waals surface area contributed by atoms with Gasteiger partial charge in [0.15, 0.2) is 9.84 Å². The molecule has 0 atom stereocenters. The van der Waals surface area contributed by atoms with Crippen molar-refractivity contribution in [2.24, 2.45) is 0 Å². The van der Waals surface area contributed by atoms with E-state index in [9.17, 15) is 13.2 Å². The summed E-state index contributed by atoms with van der Waals surface area (Å²) >= 11 is 0. The van der Waals surface area contributed by atoms with Crippen LogP contribution in [0.4, 0.5) is 0 Å². The van der Waals surface area contributed by atoms with Gasteiger partial charge in [-0.2, -0.15) is 0 Å². The number of likely N-dealkylation sites (N-methyl/N-ethyl adjacent to an activating group) is 1. The van der Waals surface area contributed by atoms with Gasteiger partial charge in [0.05, 0.1) is 10.6 Å². The molecule has 1 N–H and O–H groups in total. The quantitative estimate of drug-likeness (QED) is 0.483. The Morgan fingerprint density at radius 1 is 1.09 bits per heavy atom. The van der Waals surface area contributed by atoms with Gasteiger partial charge in [0, 0.05) is 54.2 Å². The fourth-order valence-electron chi connectivity index (χ4n) is 4.58. The van der Waals surface area contributed by atoms with Crippen LogP contribution in [0.5, 0.6) is 0 Å². The molecule has 34 heavy (non-hydrogen) atoms. The molecule has 1 saturated heterocycles. The maximum Gasteiger partial charge on any atom is 0.254 e. The minimum Gasteiger partial charge on any atom is -0.339 e. The van der Waals surface area contributed by atoms with Crippen molar-refractivity contribution in [3.05, 3.63) is 59.8 Å². The summed E-state index contributed by atoms with van der Waals surface area (Å²) in [4.78, 5) is 25.7. The number of carbonyl (C=O) groups excluding carboxylic acids is 1. The highest BCUT2D eigenvalue weighted by Gasteiger charge is 2.23. The van der Waals surface area contributed by atoms with Gasteiger partial charge in [0.2, 0.25) is 0 Å². The third-order valence-electron chi connectivity index (χ3n) is 6.61. The molecule has 1 amide bonds. The van der Waals surface area contributed by atoms with E-state index in [2.05, 4.69) is 28.0 Å². The Hall–Kier alpha value is -3.23. The van der Waals surface area contributed by atoms with Crippen LogP contribution in [0, 0.1) is 6.92 Å². The summed E-state index contributed by atoms with van der Waals surface area (Å²) in [5.41, 5.74) is 4.74. The Labute approximate surface area is 199 Å². The van der Waals surface area contributed by atoms with Crippen molar-refractivity contribution in [2.75, 3.05) is 39.0 Å². The molecule has 0 spiro atoms. The maximum atomic E-state index is 13.5. The second kappa shape index (κ2) is 8.52. The lowest BCUT2D eigenvalue weighted by Gasteiger charge is -2.32.